The first-order chi connectivity index (χ1) is 5.52. The van der Waals surface area contributed by atoms with Gasteiger partial charge in [-0.2, -0.15) is 0 Å². The van der Waals surface area contributed by atoms with E-state index in [-0.39, 0.29) is 5.78 Å². The van der Waals surface area contributed by atoms with Crippen molar-refractivity contribution in [3.05, 3.63) is 0 Å². The van der Waals surface area contributed by atoms with Gasteiger partial charge in [-0.25, -0.2) is 0 Å². The number of Topliss-reactive ketones (excluding diaryl/α,β-unsaturated/α-hetero) is 1. The van der Waals surface area contributed by atoms with Crippen LogP contribution >= 0.6 is 0 Å². The fourth-order valence-corrected chi connectivity index (χ4v) is 0.857. The van der Waals surface area contributed by atoms with Gasteiger partial charge >= 0.3 is 0 Å². The molecule has 0 aliphatic carbocycles. The van der Waals surface area contributed by atoms with Gasteiger partial charge in [-0.3, -0.25) is 9.79 Å². The van der Waals surface area contributed by atoms with Crippen LogP contribution in [0.2, 0.25) is 0 Å². The lowest BCUT2D eigenvalue weighted by Crippen LogP contribution is -2.16. The van der Waals surface area contributed by atoms with Crippen molar-refractivity contribution in [1.29, 1.82) is 0 Å². The number of carbonyl (C=O) groups is 1. The molecule has 0 aromatic carbocycles. The van der Waals surface area contributed by atoms with E-state index in [1.165, 1.54) is 0 Å². The normalized spacial score (nSPS) is 12.2. The number of hydrogen-bond donors (Lipinski definition) is 0. The largest absolute Gasteiger partial charge is 0.308 e. The topological polar surface area (TPSA) is 32.7 Å². The van der Waals surface area contributed by atoms with Gasteiger partial charge in [0.25, 0.3) is 0 Å². The number of ketones is 1. The van der Waals surface area contributed by atoms with Crippen molar-refractivity contribution in [2.24, 2.45) is 4.99 Å². The summed E-state index contributed by atoms with van der Waals surface area (Å²) in [5.74, 6) is 0.182. The number of carbonyl (C=O) groups excluding carboxylic acids is 1. The van der Waals surface area contributed by atoms with Crippen molar-refractivity contribution in [3.8, 4) is 0 Å². The van der Waals surface area contributed by atoms with Crippen LogP contribution in [-0.2, 0) is 4.79 Å². The van der Waals surface area contributed by atoms with Crippen LogP contribution in [0.25, 0.3) is 0 Å². The summed E-state index contributed by atoms with van der Waals surface area (Å²) in [6.07, 6.45) is 0.493. The predicted octanol–water partition coefficient (Wildman–Crippen LogP) is 0.988. The van der Waals surface area contributed by atoms with Crippen LogP contribution in [0.5, 0.6) is 0 Å². The third kappa shape index (κ3) is 7.41. The second-order valence-corrected chi connectivity index (χ2v) is 3.30. The molecule has 0 atom stereocenters. The van der Waals surface area contributed by atoms with E-state index in [1.807, 2.05) is 21.0 Å². The van der Waals surface area contributed by atoms with Gasteiger partial charge in [-0.1, -0.05) is 0 Å². The molecule has 3 heteroatoms. The quantitative estimate of drug-likeness (QED) is 0.576. The highest BCUT2D eigenvalue weighted by molar-refractivity contribution is 5.99. The lowest BCUT2D eigenvalue weighted by Gasteiger charge is -2.06. The number of hydrogen-bond acceptors (Lipinski definition) is 3. The first kappa shape index (κ1) is 11.3. The summed E-state index contributed by atoms with van der Waals surface area (Å²) in [5, 5.41) is 0. The Morgan fingerprint density at radius 1 is 1.33 bits per heavy atom. The Labute approximate surface area is 74.5 Å². The minimum Gasteiger partial charge on any atom is -0.308 e. The van der Waals surface area contributed by atoms with E-state index in [9.17, 15) is 4.79 Å². The van der Waals surface area contributed by atoms with Crippen molar-refractivity contribution in [2.45, 2.75) is 20.3 Å². The molecule has 0 spiro atoms. The average molecular weight is 170 g/mol. The van der Waals surface area contributed by atoms with E-state index in [2.05, 4.69) is 9.89 Å². The summed E-state index contributed by atoms with van der Waals surface area (Å²) < 4.78 is 0. The summed E-state index contributed by atoms with van der Waals surface area (Å²) in [5.41, 5.74) is 0.935. The third-order valence-corrected chi connectivity index (χ3v) is 1.43. The molecule has 0 aromatic rings. The highest BCUT2D eigenvalue weighted by Crippen LogP contribution is 1.88. The molecule has 0 saturated heterocycles. The molecule has 0 unspecified atom stereocenters. The third-order valence-electron chi connectivity index (χ3n) is 1.43. The van der Waals surface area contributed by atoms with Gasteiger partial charge in [-0.05, 0) is 27.9 Å². The van der Waals surface area contributed by atoms with Gasteiger partial charge in [0.15, 0.2) is 0 Å². The predicted molar refractivity (Wildman–Crippen MR) is 51.8 cm³/mol. The zero-order chi connectivity index (χ0) is 9.56. The standard InChI is InChI=1S/C9H18N2O/c1-8(7-9(2)12)10-5-6-11(3)4/h5-7H2,1-4H3. The van der Waals surface area contributed by atoms with Crippen LogP contribution in [0.15, 0.2) is 4.99 Å². The molecule has 0 aromatic heterocycles. The second kappa shape index (κ2) is 5.89. The number of likely N-dealkylation sites (N-methyl/N-ethyl adjacent to an activating group) is 1. The van der Waals surface area contributed by atoms with Crippen LogP contribution < -0.4 is 0 Å². The fraction of sp³-hybridized carbons (Fsp3) is 0.778. The molecule has 0 aliphatic heterocycles. The highest BCUT2D eigenvalue weighted by Gasteiger charge is 1.95. The molecular formula is C9H18N2O. The van der Waals surface area contributed by atoms with Gasteiger partial charge in [0, 0.05) is 18.7 Å². The van der Waals surface area contributed by atoms with E-state index < -0.39 is 0 Å². The first-order valence-corrected chi connectivity index (χ1v) is 4.16. The molecule has 0 N–H and O–H groups in total. The maximum absolute atomic E-state index is 10.7. The molecule has 12 heavy (non-hydrogen) atoms. The molecule has 0 heterocycles. The van der Waals surface area contributed by atoms with Gasteiger partial charge in [-0.15, -0.1) is 0 Å². The smallest absolute Gasteiger partial charge is 0.135 e. The van der Waals surface area contributed by atoms with Gasteiger partial charge in [0.05, 0.1) is 6.54 Å². The van der Waals surface area contributed by atoms with E-state index in [1.54, 1.807) is 6.92 Å². The lowest BCUT2D eigenvalue weighted by molar-refractivity contribution is -0.115. The van der Waals surface area contributed by atoms with Crippen LogP contribution in [0, 0.1) is 0 Å². The Hall–Kier alpha value is -0.700. The molecule has 0 fully saturated rings. The summed E-state index contributed by atoms with van der Waals surface area (Å²) in [6, 6.07) is 0. The van der Waals surface area contributed by atoms with Crippen molar-refractivity contribution >= 4 is 11.5 Å². The van der Waals surface area contributed by atoms with Gasteiger partial charge < -0.3 is 4.90 Å². The lowest BCUT2D eigenvalue weighted by atomic mass is 10.2. The summed E-state index contributed by atoms with van der Waals surface area (Å²) >= 11 is 0. The summed E-state index contributed by atoms with van der Waals surface area (Å²) in [7, 11) is 4.02. The molecule has 70 valence electrons. The second-order valence-electron chi connectivity index (χ2n) is 3.30. The van der Waals surface area contributed by atoms with Crippen LogP contribution in [0.4, 0.5) is 0 Å². The van der Waals surface area contributed by atoms with E-state index in [0.717, 1.165) is 18.8 Å². The van der Waals surface area contributed by atoms with Crippen molar-refractivity contribution in [1.82, 2.24) is 4.90 Å². The molecule has 0 bridgehead atoms. The molecule has 3 nitrogen and oxygen atoms in total. The Bertz CT molecular complexity index is 173. The number of rotatable bonds is 5. The molecular weight excluding hydrogens is 152 g/mol. The van der Waals surface area contributed by atoms with E-state index in [0.29, 0.717) is 6.42 Å². The maximum atomic E-state index is 10.7. The SMILES string of the molecule is CC(=O)CC(C)=NCCN(C)C. The zero-order valence-corrected chi connectivity index (χ0v) is 8.42. The Balaban J connectivity index is 3.62. The molecule has 0 saturated carbocycles. The van der Waals surface area contributed by atoms with Crippen LogP contribution in [0.1, 0.15) is 20.3 Å². The number of nitrogens with zero attached hydrogens (tertiary/aromatic N) is 2. The van der Waals surface area contributed by atoms with E-state index >= 15 is 0 Å². The zero-order valence-electron chi connectivity index (χ0n) is 8.42. The molecule has 0 aliphatic rings. The summed E-state index contributed by atoms with van der Waals surface area (Å²) in [6.45, 7) is 5.21. The first-order valence-electron chi connectivity index (χ1n) is 4.16. The summed E-state index contributed by atoms with van der Waals surface area (Å²) in [4.78, 5) is 17.0. The van der Waals surface area contributed by atoms with E-state index in [4.69, 9.17) is 0 Å². The minimum atomic E-state index is 0.182. The monoisotopic (exact) mass is 170 g/mol. The molecule has 0 rings (SSSR count). The molecule has 0 radical (unpaired) electrons. The Morgan fingerprint density at radius 2 is 1.92 bits per heavy atom. The fourth-order valence-electron chi connectivity index (χ4n) is 0.857. The van der Waals surface area contributed by atoms with Crippen LogP contribution in [0.3, 0.4) is 0 Å². The van der Waals surface area contributed by atoms with Gasteiger partial charge in [0.2, 0.25) is 0 Å². The maximum Gasteiger partial charge on any atom is 0.135 e. The van der Waals surface area contributed by atoms with Gasteiger partial charge in [0.1, 0.15) is 5.78 Å². The number of aliphatic imine (C=N–C) groups is 1. The molecule has 0 amide bonds. The Kier molecular flexibility index (Phi) is 5.54. The van der Waals surface area contributed by atoms with Crippen molar-refractivity contribution in [2.75, 3.05) is 27.2 Å². The Morgan fingerprint density at radius 3 is 2.33 bits per heavy atom. The van der Waals surface area contributed by atoms with Crippen LogP contribution in [-0.4, -0.2) is 43.6 Å². The average Bonchev–Trinajstić information content (AvgIpc) is 1.84. The van der Waals surface area contributed by atoms with Crippen molar-refractivity contribution < 1.29 is 4.79 Å². The van der Waals surface area contributed by atoms with Crippen molar-refractivity contribution in [3.63, 3.8) is 0 Å². The highest BCUT2D eigenvalue weighted by atomic mass is 16.1. The minimum absolute atomic E-state index is 0.182.